The Labute approximate surface area is 110 Å². The SMILES string of the molecule is CC=C(C)C(Cc1ccccc1)c1ccccc1. The van der Waals surface area contributed by atoms with E-state index in [0.717, 1.165) is 6.42 Å². The van der Waals surface area contributed by atoms with Gasteiger partial charge in [-0.1, -0.05) is 72.3 Å². The van der Waals surface area contributed by atoms with Gasteiger partial charge in [0.1, 0.15) is 0 Å². The Hall–Kier alpha value is -1.82. The van der Waals surface area contributed by atoms with Crippen LogP contribution < -0.4 is 0 Å². The molecule has 0 N–H and O–H groups in total. The number of rotatable bonds is 4. The maximum atomic E-state index is 2.22. The molecule has 0 heterocycles. The zero-order valence-electron chi connectivity index (χ0n) is 11.1. The fourth-order valence-electron chi connectivity index (χ4n) is 2.28. The van der Waals surface area contributed by atoms with E-state index in [4.69, 9.17) is 0 Å². The van der Waals surface area contributed by atoms with Gasteiger partial charge in [-0.25, -0.2) is 0 Å². The highest BCUT2D eigenvalue weighted by Gasteiger charge is 2.13. The summed E-state index contributed by atoms with van der Waals surface area (Å²) in [4.78, 5) is 0. The molecule has 2 aromatic carbocycles. The minimum Gasteiger partial charge on any atom is -0.0881 e. The lowest BCUT2D eigenvalue weighted by Crippen LogP contribution is -2.04. The van der Waals surface area contributed by atoms with Crippen LogP contribution in [0.3, 0.4) is 0 Å². The molecule has 92 valence electrons. The summed E-state index contributed by atoms with van der Waals surface area (Å²) in [7, 11) is 0. The highest BCUT2D eigenvalue weighted by molar-refractivity contribution is 5.31. The first kappa shape index (κ1) is 12.6. The van der Waals surface area contributed by atoms with Crippen molar-refractivity contribution in [1.29, 1.82) is 0 Å². The lowest BCUT2D eigenvalue weighted by Gasteiger charge is -2.18. The fourth-order valence-corrected chi connectivity index (χ4v) is 2.28. The second-order valence-electron chi connectivity index (χ2n) is 4.69. The third kappa shape index (κ3) is 3.10. The minimum atomic E-state index is 0.485. The van der Waals surface area contributed by atoms with Crippen LogP contribution in [0.5, 0.6) is 0 Å². The monoisotopic (exact) mass is 236 g/mol. The maximum Gasteiger partial charge on any atom is 0.00856 e. The maximum absolute atomic E-state index is 2.22. The van der Waals surface area contributed by atoms with E-state index in [9.17, 15) is 0 Å². The number of allylic oxidation sites excluding steroid dienone is 2. The molecule has 0 amide bonds. The second-order valence-corrected chi connectivity index (χ2v) is 4.69. The standard InChI is InChI=1S/C18H20/c1-3-15(2)18(17-12-8-5-9-13-17)14-16-10-6-4-7-11-16/h3-13,18H,14H2,1-2H3. The quantitative estimate of drug-likeness (QED) is 0.657. The Morgan fingerprint density at radius 1 is 0.944 bits per heavy atom. The van der Waals surface area contributed by atoms with Crippen LogP contribution in [0.2, 0.25) is 0 Å². The van der Waals surface area contributed by atoms with Gasteiger partial charge in [0.2, 0.25) is 0 Å². The topological polar surface area (TPSA) is 0 Å². The molecule has 0 aliphatic carbocycles. The normalized spacial score (nSPS) is 13.3. The van der Waals surface area contributed by atoms with Gasteiger partial charge < -0.3 is 0 Å². The van der Waals surface area contributed by atoms with Crippen molar-refractivity contribution in [2.24, 2.45) is 0 Å². The van der Waals surface area contributed by atoms with Crippen LogP contribution in [-0.2, 0) is 6.42 Å². The van der Waals surface area contributed by atoms with E-state index in [1.165, 1.54) is 16.7 Å². The van der Waals surface area contributed by atoms with Crippen LogP contribution in [0.25, 0.3) is 0 Å². The molecule has 0 radical (unpaired) electrons. The second kappa shape index (κ2) is 6.20. The molecule has 0 nitrogen and oxygen atoms in total. The summed E-state index contributed by atoms with van der Waals surface area (Å²) in [5.74, 6) is 0.485. The molecule has 0 saturated carbocycles. The van der Waals surface area contributed by atoms with Gasteiger partial charge >= 0.3 is 0 Å². The van der Waals surface area contributed by atoms with Crippen LogP contribution in [0.4, 0.5) is 0 Å². The van der Waals surface area contributed by atoms with E-state index < -0.39 is 0 Å². The van der Waals surface area contributed by atoms with Gasteiger partial charge in [-0.3, -0.25) is 0 Å². The molecule has 18 heavy (non-hydrogen) atoms. The summed E-state index contributed by atoms with van der Waals surface area (Å²) >= 11 is 0. The molecule has 2 aromatic rings. The number of benzene rings is 2. The Bertz CT molecular complexity index is 494. The van der Waals surface area contributed by atoms with Gasteiger partial charge in [0.25, 0.3) is 0 Å². The van der Waals surface area contributed by atoms with E-state index >= 15 is 0 Å². The Morgan fingerprint density at radius 3 is 2.06 bits per heavy atom. The van der Waals surface area contributed by atoms with E-state index in [-0.39, 0.29) is 0 Å². The molecular formula is C18H20. The fraction of sp³-hybridized carbons (Fsp3) is 0.222. The molecule has 1 unspecified atom stereocenters. The Balaban J connectivity index is 2.27. The molecular weight excluding hydrogens is 216 g/mol. The van der Waals surface area contributed by atoms with Crippen molar-refractivity contribution >= 4 is 0 Å². The molecule has 0 aliphatic heterocycles. The molecule has 0 heteroatoms. The predicted molar refractivity (Wildman–Crippen MR) is 78.8 cm³/mol. The van der Waals surface area contributed by atoms with Crippen LogP contribution in [0.1, 0.15) is 30.9 Å². The molecule has 0 fully saturated rings. The first-order valence-electron chi connectivity index (χ1n) is 6.53. The molecule has 0 aromatic heterocycles. The van der Waals surface area contributed by atoms with Crippen molar-refractivity contribution in [3.8, 4) is 0 Å². The summed E-state index contributed by atoms with van der Waals surface area (Å²) in [6.45, 7) is 4.34. The van der Waals surface area contributed by atoms with E-state index in [1.807, 2.05) is 0 Å². The van der Waals surface area contributed by atoms with Crippen molar-refractivity contribution in [1.82, 2.24) is 0 Å². The van der Waals surface area contributed by atoms with Crippen LogP contribution in [0, 0.1) is 0 Å². The minimum absolute atomic E-state index is 0.485. The number of hydrogen-bond donors (Lipinski definition) is 0. The van der Waals surface area contributed by atoms with Crippen molar-refractivity contribution in [2.45, 2.75) is 26.2 Å². The van der Waals surface area contributed by atoms with Gasteiger partial charge in [-0.05, 0) is 31.4 Å². The summed E-state index contributed by atoms with van der Waals surface area (Å²) in [6, 6.07) is 21.5. The van der Waals surface area contributed by atoms with Crippen molar-refractivity contribution in [2.75, 3.05) is 0 Å². The predicted octanol–water partition coefficient (Wildman–Crippen LogP) is 4.98. The summed E-state index contributed by atoms with van der Waals surface area (Å²) in [5.41, 5.74) is 4.23. The van der Waals surface area contributed by atoms with Gasteiger partial charge in [0, 0.05) is 5.92 Å². The highest BCUT2D eigenvalue weighted by atomic mass is 14.2. The summed E-state index contributed by atoms with van der Waals surface area (Å²) in [6.07, 6.45) is 3.29. The zero-order chi connectivity index (χ0) is 12.8. The van der Waals surface area contributed by atoms with Crippen molar-refractivity contribution < 1.29 is 0 Å². The highest BCUT2D eigenvalue weighted by Crippen LogP contribution is 2.27. The van der Waals surface area contributed by atoms with E-state index in [0.29, 0.717) is 5.92 Å². The zero-order valence-corrected chi connectivity index (χ0v) is 11.1. The molecule has 0 spiro atoms. The average molecular weight is 236 g/mol. The van der Waals surface area contributed by atoms with Gasteiger partial charge in [0.05, 0.1) is 0 Å². The Morgan fingerprint density at radius 2 is 1.50 bits per heavy atom. The van der Waals surface area contributed by atoms with Crippen LogP contribution >= 0.6 is 0 Å². The van der Waals surface area contributed by atoms with Crippen molar-refractivity contribution in [3.05, 3.63) is 83.4 Å². The lowest BCUT2D eigenvalue weighted by molar-refractivity contribution is 0.784. The van der Waals surface area contributed by atoms with Crippen LogP contribution in [-0.4, -0.2) is 0 Å². The molecule has 0 aliphatic rings. The summed E-state index contributed by atoms with van der Waals surface area (Å²) in [5, 5.41) is 0. The smallest absolute Gasteiger partial charge is 0.00856 e. The largest absolute Gasteiger partial charge is 0.0881 e. The van der Waals surface area contributed by atoms with Gasteiger partial charge in [-0.15, -0.1) is 0 Å². The molecule has 2 rings (SSSR count). The summed E-state index contributed by atoms with van der Waals surface area (Å²) < 4.78 is 0. The molecule has 1 atom stereocenters. The average Bonchev–Trinajstić information content (AvgIpc) is 2.46. The first-order chi connectivity index (χ1) is 8.81. The molecule has 0 saturated heterocycles. The lowest BCUT2D eigenvalue weighted by atomic mass is 9.86. The van der Waals surface area contributed by atoms with Gasteiger partial charge in [-0.2, -0.15) is 0 Å². The Kier molecular flexibility index (Phi) is 4.35. The molecule has 0 bridgehead atoms. The third-order valence-corrected chi connectivity index (χ3v) is 3.49. The van der Waals surface area contributed by atoms with Crippen molar-refractivity contribution in [3.63, 3.8) is 0 Å². The van der Waals surface area contributed by atoms with Gasteiger partial charge in [0.15, 0.2) is 0 Å². The third-order valence-electron chi connectivity index (χ3n) is 3.49. The first-order valence-corrected chi connectivity index (χ1v) is 6.53. The van der Waals surface area contributed by atoms with E-state index in [2.05, 4.69) is 80.6 Å². The van der Waals surface area contributed by atoms with Crippen LogP contribution in [0.15, 0.2) is 72.3 Å². The van der Waals surface area contributed by atoms with E-state index in [1.54, 1.807) is 0 Å². The number of hydrogen-bond acceptors (Lipinski definition) is 0.